The van der Waals surface area contributed by atoms with Crippen LogP contribution in [-0.4, -0.2) is 28.9 Å². The van der Waals surface area contributed by atoms with E-state index in [0.717, 1.165) is 52.5 Å². The maximum absolute atomic E-state index is 12.8. The molecule has 0 bridgehead atoms. The highest BCUT2D eigenvalue weighted by atomic mass is 16.7. The van der Waals surface area contributed by atoms with E-state index in [2.05, 4.69) is 52.9 Å². The molecule has 0 aliphatic carbocycles. The third kappa shape index (κ3) is 2.68. The lowest BCUT2D eigenvalue weighted by Gasteiger charge is -2.29. The number of para-hydroxylation sites is 1. The van der Waals surface area contributed by atoms with Crippen molar-refractivity contribution >= 4 is 16.9 Å². The molecule has 2 aliphatic rings. The number of ether oxygens (including phenoxy) is 3. The SMILES string of the molecule is CCOC(=O)c1cc2n(c1CC)C(c1ccc3c(c1)OCO3)c1[nH]c3ccccc3c1C2. The first kappa shape index (κ1) is 19.0. The van der Waals surface area contributed by atoms with Crippen LogP contribution in [-0.2, 0) is 17.6 Å². The molecule has 0 amide bonds. The number of carbonyl (C=O) groups excluding carboxylic acids is 1. The number of nitrogens with one attached hydrogen (secondary N) is 1. The van der Waals surface area contributed by atoms with Crippen molar-refractivity contribution in [3.8, 4) is 11.5 Å². The molecule has 0 fully saturated rings. The van der Waals surface area contributed by atoms with Crippen LogP contribution < -0.4 is 9.47 Å². The third-order valence-electron chi connectivity index (χ3n) is 6.50. The van der Waals surface area contributed by atoms with Gasteiger partial charge in [-0.2, -0.15) is 0 Å². The van der Waals surface area contributed by atoms with Gasteiger partial charge in [0.2, 0.25) is 6.79 Å². The summed E-state index contributed by atoms with van der Waals surface area (Å²) in [5, 5.41) is 1.22. The van der Waals surface area contributed by atoms with E-state index in [1.54, 1.807) is 0 Å². The first-order valence-corrected chi connectivity index (χ1v) is 11.1. The summed E-state index contributed by atoms with van der Waals surface area (Å²) >= 11 is 0. The zero-order valence-electron chi connectivity index (χ0n) is 18.1. The fourth-order valence-corrected chi connectivity index (χ4v) is 5.18. The van der Waals surface area contributed by atoms with E-state index in [-0.39, 0.29) is 18.8 Å². The number of H-pyrrole nitrogens is 1. The minimum atomic E-state index is -0.260. The molecular weight excluding hydrogens is 404 g/mol. The van der Waals surface area contributed by atoms with Gasteiger partial charge in [-0.1, -0.05) is 31.2 Å². The van der Waals surface area contributed by atoms with Crippen LogP contribution in [0.3, 0.4) is 0 Å². The van der Waals surface area contributed by atoms with Crippen LogP contribution >= 0.6 is 0 Å². The Labute approximate surface area is 185 Å². The van der Waals surface area contributed by atoms with Gasteiger partial charge in [-0.15, -0.1) is 0 Å². The fraction of sp³-hybridized carbons (Fsp3) is 0.269. The molecule has 162 valence electrons. The second-order valence-corrected chi connectivity index (χ2v) is 8.19. The van der Waals surface area contributed by atoms with E-state index in [9.17, 15) is 4.79 Å². The molecule has 1 N–H and O–H groups in total. The Morgan fingerprint density at radius 3 is 2.81 bits per heavy atom. The Balaban J connectivity index is 1.61. The van der Waals surface area contributed by atoms with Crippen molar-refractivity contribution in [3.63, 3.8) is 0 Å². The lowest BCUT2D eigenvalue weighted by Crippen LogP contribution is -2.23. The van der Waals surface area contributed by atoms with Crippen LogP contribution in [0.4, 0.5) is 0 Å². The van der Waals surface area contributed by atoms with E-state index in [1.807, 2.05) is 19.1 Å². The number of hydrogen-bond acceptors (Lipinski definition) is 4. The average Bonchev–Trinajstić information content (AvgIpc) is 3.51. The summed E-state index contributed by atoms with van der Waals surface area (Å²) in [5.41, 5.74) is 7.39. The van der Waals surface area contributed by atoms with Crippen molar-refractivity contribution in [2.45, 2.75) is 32.7 Å². The summed E-state index contributed by atoms with van der Waals surface area (Å²) in [6.07, 6.45) is 1.48. The van der Waals surface area contributed by atoms with Gasteiger partial charge >= 0.3 is 5.97 Å². The van der Waals surface area contributed by atoms with Gasteiger partial charge in [0.05, 0.1) is 18.2 Å². The molecule has 4 aromatic rings. The highest BCUT2D eigenvalue weighted by Crippen LogP contribution is 2.44. The highest BCUT2D eigenvalue weighted by Gasteiger charge is 2.34. The maximum Gasteiger partial charge on any atom is 0.339 e. The van der Waals surface area contributed by atoms with Crippen molar-refractivity contribution < 1.29 is 19.0 Å². The number of hydrogen-bond donors (Lipinski definition) is 1. The van der Waals surface area contributed by atoms with Crippen molar-refractivity contribution in [1.82, 2.24) is 9.55 Å². The maximum atomic E-state index is 12.8. The van der Waals surface area contributed by atoms with Crippen molar-refractivity contribution in [2.24, 2.45) is 0 Å². The van der Waals surface area contributed by atoms with E-state index < -0.39 is 0 Å². The summed E-state index contributed by atoms with van der Waals surface area (Å²) in [6, 6.07) is 16.4. The van der Waals surface area contributed by atoms with Gasteiger partial charge in [0.15, 0.2) is 11.5 Å². The summed E-state index contributed by atoms with van der Waals surface area (Å²) in [5.74, 6) is 1.25. The Hall–Kier alpha value is -3.67. The Morgan fingerprint density at radius 2 is 1.97 bits per heavy atom. The molecule has 2 aromatic heterocycles. The summed E-state index contributed by atoms with van der Waals surface area (Å²) in [6.45, 7) is 4.52. The lowest BCUT2D eigenvalue weighted by atomic mass is 9.92. The molecule has 2 aliphatic heterocycles. The van der Waals surface area contributed by atoms with Crippen molar-refractivity contribution in [3.05, 3.63) is 82.3 Å². The molecule has 6 rings (SSSR count). The largest absolute Gasteiger partial charge is 0.462 e. The van der Waals surface area contributed by atoms with E-state index >= 15 is 0 Å². The smallest absolute Gasteiger partial charge is 0.339 e. The lowest BCUT2D eigenvalue weighted by molar-refractivity contribution is 0.0525. The van der Waals surface area contributed by atoms with Gasteiger partial charge in [-0.3, -0.25) is 0 Å². The Kier molecular flexibility index (Phi) is 4.28. The normalized spacial score (nSPS) is 16.1. The van der Waals surface area contributed by atoms with Gasteiger partial charge < -0.3 is 23.8 Å². The second kappa shape index (κ2) is 7.19. The van der Waals surface area contributed by atoms with Gasteiger partial charge in [0.25, 0.3) is 0 Å². The number of nitrogens with zero attached hydrogens (tertiary/aromatic N) is 1. The second-order valence-electron chi connectivity index (χ2n) is 8.19. The molecular formula is C26H24N2O4. The predicted octanol–water partition coefficient (Wildman–Crippen LogP) is 4.98. The minimum absolute atomic E-state index is 0.103. The molecule has 32 heavy (non-hydrogen) atoms. The predicted molar refractivity (Wildman–Crippen MR) is 121 cm³/mol. The zero-order valence-corrected chi connectivity index (χ0v) is 18.1. The zero-order chi connectivity index (χ0) is 21.8. The molecule has 0 saturated carbocycles. The molecule has 0 saturated heterocycles. The quantitative estimate of drug-likeness (QED) is 0.410. The molecule has 4 heterocycles. The van der Waals surface area contributed by atoms with Crippen LogP contribution in [0.15, 0.2) is 48.5 Å². The molecule has 6 heteroatoms. The molecule has 0 spiro atoms. The van der Waals surface area contributed by atoms with Gasteiger partial charge in [-0.05, 0) is 48.7 Å². The number of carbonyl (C=O) groups is 1. The first-order chi connectivity index (χ1) is 15.7. The van der Waals surface area contributed by atoms with Crippen LogP contribution in [0, 0.1) is 0 Å². The van der Waals surface area contributed by atoms with Crippen molar-refractivity contribution in [2.75, 3.05) is 13.4 Å². The van der Waals surface area contributed by atoms with Gasteiger partial charge in [-0.25, -0.2) is 4.79 Å². The standard InChI is InChI=1S/C26H24N2O4/c1-3-21-19(26(29)30-4-2)13-16-12-18-17-7-5-6-8-20(17)27-24(18)25(28(16)21)15-9-10-22-23(11-15)32-14-31-22/h5-11,13,25,27H,3-4,12,14H2,1-2H3. The van der Waals surface area contributed by atoms with Gasteiger partial charge in [0.1, 0.15) is 0 Å². The molecule has 0 radical (unpaired) electrons. The number of aromatic amines is 1. The number of fused-ring (bicyclic) bond motifs is 5. The van der Waals surface area contributed by atoms with E-state index in [1.165, 1.54) is 10.9 Å². The highest BCUT2D eigenvalue weighted by molar-refractivity contribution is 5.92. The fourth-order valence-electron chi connectivity index (χ4n) is 5.18. The van der Waals surface area contributed by atoms with Gasteiger partial charge in [0, 0.05) is 34.4 Å². The molecule has 2 aromatic carbocycles. The van der Waals surface area contributed by atoms with Crippen LogP contribution in [0.25, 0.3) is 10.9 Å². The first-order valence-electron chi connectivity index (χ1n) is 11.1. The van der Waals surface area contributed by atoms with E-state index in [0.29, 0.717) is 12.2 Å². The average molecular weight is 428 g/mol. The molecule has 1 unspecified atom stereocenters. The van der Waals surface area contributed by atoms with Crippen LogP contribution in [0.1, 0.15) is 58.5 Å². The number of esters is 1. The minimum Gasteiger partial charge on any atom is -0.462 e. The summed E-state index contributed by atoms with van der Waals surface area (Å²) < 4.78 is 18.9. The third-order valence-corrected chi connectivity index (χ3v) is 6.50. The molecule has 6 nitrogen and oxygen atoms in total. The van der Waals surface area contributed by atoms with E-state index in [4.69, 9.17) is 14.2 Å². The Bertz CT molecular complexity index is 1360. The Morgan fingerprint density at radius 1 is 1.12 bits per heavy atom. The molecule has 1 atom stereocenters. The van der Waals surface area contributed by atoms with Crippen LogP contribution in [0.5, 0.6) is 11.5 Å². The number of aromatic nitrogens is 2. The number of rotatable bonds is 4. The topological polar surface area (TPSA) is 65.5 Å². The summed E-state index contributed by atoms with van der Waals surface area (Å²) in [7, 11) is 0. The monoisotopic (exact) mass is 428 g/mol. The van der Waals surface area contributed by atoms with Crippen molar-refractivity contribution in [1.29, 1.82) is 0 Å². The number of benzene rings is 2. The summed E-state index contributed by atoms with van der Waals surface area (Å²) in [4.78, 5) is 16.5. The van der Waals surface area contributed by atoms with Crippen LogP contribution in [0.2, 0.25) is 0 Å².